The number of benzene rings is 3. The summed E-state index contributed by atoms with van der Waals surface area (Å²) in [4.78, 5) is 20.5. The van der Waals surface area contributed by atoms with E-state index in [4.69, 9.17) is 4.98 Å². The first-order valence-electron chi connectivity index (χ1n) is 9.73. The van der Waals surface area contributed by atoms with Crippen molar-refractivity contribution in [1.82, 2.24) is 4.98 Å². The van der Waals surface area contributed by atoms with Crippen molar-refractivity contribution in [1.29, 1.82) is 0 Å². The normalized spacial score (nSPS) is 10.6. The molecule has 0 aliphatic carbocycles. The largest absolute Gasteiger partial charge is 0.378 e. The number of carbonyl (C=O) groups excluding carboxylic acids is 1. The zero-order valence-electron chi connectivity index (χ0n) is 17.2. The number of nitrogens with one attached hydrogen (secondary N) is 1. The van der Waals surface area contributed by atoms with E-state index in [-0.39, 0.29) is 5.91 Å². The Morgan fingerprint density at radius 2 is 1.53 bits per heavy atom. The number of thiazole rings is 1. The third kappa shape index (κ3) is 4.26. The van der Waals surface area contributed by atoms with Crippen LogP contribution in [-0.4, -0.2) is 25.0 Å². The van der Waals surface area contributed by atoms with Crippen LogP contribution in [0.25, 0.3) is 21.8 Å². The maximum Gasteiger partial charge on any atom is 0.255 e. The van der Waals surface area contributed by atoms with Crippen molar-refractivity contribution < 1.29 is 4.79 Å². The lowest BCUT2D eigenvalue weighted by atomic mass is 10.1. The predicted octanol–water partition coefficient (Wildman–Crippen LogP) is 6.10. The Labute approximate surface area is 180 Å². The van der Waals surface area contributed by atoms with Crippen LogP contribution >= 0.6 is 11.3 Å². The van der Waals surface area contributed by atoms with Crippen molar-refractivity contribution >= 4 is 28.6 Å². The molecule has 0 fully saturated rings. The fourth-order valence-electron chi connectivity index (χ4n) is 3.19. The van der Waals surface area contributed by atoms with Crippen molar-refractivity contribution in [2.75, 3.05) is 24.3 Å². The van der Waals surface area contributed by atoms with Crippen LogP contribution in [0.2, 0.25) is 0 Å². The Hall–Kier alpha value is -3.44. The van der Waals surface area contributed by atoms with Gasteiger partial charge in [-0.3, -0.25) is 4.79 Å². The first kappa shape index (κ1) is 19.9. The Bertz CT molecular complexity index is 1150. The zero-order valence-corrected chi connectivity index (χ0v) is 18.0. The van der Waals surface area contributed by atoms with E-state index in [0.29, 0.717) is 5.56 Å². The summed E-state index contributed by atoms with van der Waals surface area (Å²) in [6.45, 7) is 2.09. The summed E-state index contributed by atoms with van der Waals surface area (Å²) in [5, 5.41) is 3.98. The van der Waals surface area contributed by atoms with Gasteiger partial charge in [0.05, 0.1) is 5.69 Å². The lowest BCUT2D eigenvalue weighted by Crippen LogP contribution is -2.13. The lowest BCUT2D eigenvalue weighted by Gasteiger charge is -2.12. The van der Waals surface area contributed by atoms with Crippen LogP contribution in [-0.2, 0) is 0 Å². The topological polar surface area (TPSA) is 45.2 Å². The standard InChI is InChI=1S/C25H23N3OS/c1-17-23(27-25(30-17)20-7-5-4-6-8-20)18-9-13-21(14-10-18)26-24(29)19-11-15-22(16-12-19)28(2)3/h4-16H,1-3H3,(H,26,29). The van der Waals surface area contributed by atoms with Gasteiger partial charge in [0.25, 0.3) is 5.91 Å². The van der Waals surface area contributed by atoms with Gasteiger partial charge in [-0.2, -0.15) is 0 Å². The van der Waals surface area contributed by atoms with Crippen LogP contribution in [0.1, 0.15) is 15.2 Å². The molecular formula is C25H23N3OS. The minimum atomic E-state index is -0.121. The highest BCUT2D eigenvalue weighted by molar-refractivity contribution is 7.15. The molecule has 4 aromatic rings. The van der Waals surface area contributed by atoms with Gasteiger partial charge in [0.2, 0.25) is 0 Å². The number of hydrogen-bond donors (Lipinski definition) is 1. The third-order valence-electron chi connectivity index (χ3n) is 4.88. The zero-order chi connectivity index (χ0) is 21.1. The molecule has 0 saturated heterocycles. The summed E-state index contributed by atoms with van der Waals surface area (Å²) in [5.74, 6) is -0.121. The molecule has 0 spiro atoms. The molecule has 5 heteroatoms. The molecular weight excluding hydrogens is 390 g/mol. The monoisotopic (exact) mass is 413 g/mol. The molecule has 4 nitrogen and oxygen atoms in total. The van der Waals surface area contributed by atoms with E-state index in [9.17, 15) is 4.79 Å². The average molecular weight is 414 g/mol. The van der Waals surface area contributed by atoms with Crippen LogP contribution in [0.4, 0.5) is 11.4 Å². The molecule has 0 atom stereocenters. The third-order valence-corrected chi connectivity index (χ3v) is 5.90. The van der Waals surface area contributed by atoms with Gasteiger partial charge in [-0.15, -0.1) is 11.3 Å². The summed E-state index contributed by atoms with van der Waals surface area (Å²) >= 11 is 1.69. The van der Waals surface area contributed by atoms with Crippen LogP contribution in [0, 0.1) is 6.92 Å². The van der Waals surface area contributed by atoms with E-state index in [0.717, 1.165) is 33.2 Å². The van der Waals surface area contributed by atoms with Gasteiger partial charge in [0.15, 0.2) is 0 Å². The van der Waals surface area contributed by atoms with Gasteiger partial charge in [0.1, 0.15) is 5.01 Å². The first-order valence-corrected chi connectivity index (χ1v) is 10.5. The smallest absolute Gasteiger partial charge is 0.255 e. The van der Waals surface area contributed by atoms with Crippen LogP contribution in [0.15, 0.2) is 78.9 Å². The number of rotatable bonds is 5. The second kappa shape index (κ2) is 8.51. The molecule has 150 valence electrons. The summed E-state index contributed by atoms with van der Waals surface area (Å²) in [5.41, 5.74) is 5.60. The molecule has 1 amide bonds. The Morgan fingerprint density at radius 3 is 2.17 bits per heavy atom. The van der Waals surface area contributed by atoms with Gasteiger partial charge >= 0.3 is 0 Å². The van der Waals surface area contributed by atoms with E-state index < -0.39 is 0 Å². The summed E-state index contributed by atoms with van der Waals surface area (Å²) in [6.07, 6.45) is 0. The average Bonchev–Trinajstić information content (AvgIpc) is 3.16. The highest BCUT2D eigenvalue weighted by Gasteiger charge is 2.12. The van der Waals surface area contributed by atoms with Crippen molar-refractivity contribution in [3.8, 4) is 21.8 Å². The fourth-order valence-corrected chi connectivity index (χ4v) is 4.14. The predicted molar refractivity (Wildman–Crippen MR) is 126 cm³/mol. The van der Waals surface area contributed by atoms with E-state index in [1.54, 1.807) is 11.3 Å². The number of hydrogen-bond acceptors (Lipinski definition) is 4. The number of aromatic nitrogens is 1. The molecule has 0 bridgehead atoms. The van der Waals surface area contributed by atoms with Gasteiger partial charge in [-0.1, -0.05) is 42.5 Å². The number of nitrogens with zero attached hydrogens (tertiary/aromatic N) is 2. The Kier molecular flexibility index (Phi) is 5.63. The summed E-state index contributed by atoms with van der Waals surface area (Å²) < 4.78 is 0. The van der Waals surface area contributed by atoms with Crippen LogP contribution in [0.3, 0.4) is 0 Å². The van der Waals surface area contributed by atoms with Gasteiger partial charge < -0.3 is 10.2 Å². The molecule has 0 aliphatic heterocycles. The molecule has 0 aliphatic rings. The molecule has 30 heavy (non-hydrogen) atoms. The first-order chi connectivity index (χ1) is 14.5. The number of carbonyl (C=O) groups is 1. The van der Waals surface area contributed by atoms with Gasteiger partial charge in [-0.05, 0) is 43.3 Å². The molecule has 3 aromatic carbocycles. The lowest BCUT2D eigenvalue weighted by molar-refractivity contribution is 0.102. The maximum atomic E-state index is 12.5. The molecule has 0 unspecified atom stereocenters. The fraction of sp³-hybridized carbons (Fsp3) is 0.120. The second-order valence-electron chi connectivity index (χ2n) is 7.26. The van der Waals surface area contributed by atoms with Crippen LogP contribution < -0.4 is 10.2 Å². The minimum Gasteiger partial charge on any atom is -0.378 e. The molecule has 1 heterocycles. The van der Waals surface area contributed by atoms with E-state index in [1.807, 2.05) is 85.7 Å². The van der Waals surface area contributed by atoms with Gasteiger partial charge in [-0.25, -0.2) is 4.98 Å². The quantitative estimate of drug-likeness (QED) is 0.430. The summed E-state index contributed by atoms with van der Waals surface area (Å²) in [7, 11) is 3.95. The number of aryl methyl sites for hydroxylation is 1. The highest BCUT2D eigenvalue weighted by atomic mass is 32.1. The van der Waals surface area contributed by atoms with Crippen molar-refractivity contribution in [3.63, 3.8) is 0 Å². The second-order valence-corrected chi connectivity index (χ2v) is 8.47. The molecule has 0 radical (unpaired) electrons. The SMILES string of the molecule is Cc1sc(-c2ccccc2)nc1-c1ccc(NC(=O)c2ccc(N(C)C)cc2)cc1. The van der Waals surface area contributed by atoms with Crippen LogP contribution in [0.5, 0.6) is 0 Å². The van der Waals surface area contributed by atoms with E-state index in [2.05, 4.69) is 24.4 Å². The van der Waals surface area contributed by atoms with Crippen molar-refractivity contribution in [2.24, 2.45) is 0 Å². The van der Waals surface area contributed by atoms with E-state index in [1.165, 1.54) is 4.88 Å². The highest BCUT2D eigenvalue weighted by Crippen LogP contribution is 2.33. The summed E-state index contributed by atoms with van der Waals surface area (Å²) in [6, 6.07) is 25.6. The molecule has 4 rings (SSSR count). The molecule has 1 N–H and O–H groups in total. The maximum absolute atomic E-state index is 12.5. The minimum absolute atomic E-state index is 0.121. The van der Waals surface area contributed by atoms with Crippen molar-refractivity contribution in [3.05, 3.63) is 89.3 Å². The Morgan fingerprint density at radius 1 is 0.867 bits per heavy atom. The number of anilines is 2. The molecule has 1 aromatic heterocycles. The molecule has 0 saturated carbocycles. The van der Waals surface area contributed by atoms with E-state index >= 15 is 0 Å². The number of amides is 1. The van der Waals surface area contributed by atoms with Gasteiger partial charge in [0, 0.05) is 47.0 Å². The Balaban J connectivity index is 1.49. The van der Waals surface area contributed by atoms with Crippen molar-refractivity contribution in [2.45, 2.75) is 6.92 Å².